The Labute approximate surface area is 138 Å². The summed E-state index contributed by atoms with van der Waals surface area (Å²) in [5.41, 5.74) is 7.14. The zero-order valence-electron chi connectivity index (χ0n) is 13.6. The van der Waals surface area contributed by atoms with Gasteiger partial charge in [-0.2, -0.15) is 0 Å². The number of carbonyl (C=O) groups excluding carboxylic acids is 1. The predicted molar refractivity (Wildman–Crippen MR) is 91.8 cm³/mol. The van der Waals surface area contributed by atoms with Gasteiger partial charge in [0.25, 0.3) is 0 Å². The molecule has 2 aliphatic rings. The topological polar surface area (TPSA) is 70.7 Å². The summed E-state index contributed by atoms with van der Waals surface area (Å²) in [6.45, 7) is 2.09. The summed E-state index contributed by atoms with van der Waals surface area (Å²) >= 11 is 0. The van der Waals surface area contributed by atoms with Crippen LogP contribution in [-0.4, -0.2) is 35.9 Å². The minimum Gasteiger partial charge on any atom is -0.370 e. The van der Waals surface area contributed by atoms with E-state index in [9.17, 15) is 4.79 Å². The SMILES string of the molecule is NC(=NCC1CC(=O)N(Cc2ccccc2)C1)NC1CCCC1. The van der Waals surface area contributed by atoms with Crippen LogP contribution in [0.5, 0.6) is 0 Å². The van der Waals surface area contributed by atoms with Gasteiger partial charge in [0, 0.05) is 38.0 Å². The molecule has 1 heterocycles. The minimum atomic E-state index is 0.219. The van der Waals surface area contributed by atoms with E-state index in [0.29, 0.717) is 31.5 Å². The number of hydrogen-bond donors (Lipinski definition) is 2. The highest BCUT2D eigenvalue weighted by molar-refractivity contribution is 5.79. The van der Waals surface area contributed by atoms with Crippen molar-refractivity contribution in [3.8, 4) is 0 Å². The molecule has 1 aromatic rings. The molecule has 1 aliphatic carbocycles. The normalized spacial score (nSPS) is 22.8. The molecule has 1 saturated heterocycles. The largest absolute Gasteiger partial charge is 0.370 e. The van der Waals surface area contributed by atoms with Crippen LogP contribution < -0.4 is 11.1 Å². The third-order valence-electron chi connectivity index (χ3n) is 4.74. The van der Waals surface area contributed by atoms with E-state index in [-0.39, 0.29) is 11.8 Å². The first-order chi connectivity index (χ1) is 11.2. The fourth-order valence-corrected chi connectivity index (χ4v) is 3.49. The van der Waals surface area contributed by atoms with Gasteiger partial charge in [0.05, 0.1) is 0 Å². The van der Waals surface area contributed by atoms with E-state index in [0.717, 1.165) is 6.54 Å². The molecule has 1 atom stereocenters. The Bertz CT molecular complexity index is 551. The molecular weight excluding hydrogens is 288 g/mol. The van der Waals surface area contributed by atoms with Gasteiger partial charge in [0.2, 0.25) is 5.91 Å². The van der Waals surface area contributed by atoms with Crippen molar-refractivity contribution in [3.63, 3.8) is 0 Å². The maximum atomic E-state index is 12.1. The van der Waals surface area contributed by atoms with Crippen molar-refractivity contribution in [2.24, 2.45) is 16.6 Å². The second-order valence-corrected chi connectivity index (χ2v) is 6.68. The lowest BCUT2D eigenvalue weighted by Gasteiger charge is -2.16. The fraction of sp³-hybridized carbons (Fsp3) is 0.556. The van der Waals surface area contributed by atoms with Crippen LogP contribution in [-0.2, 0) is 11.3 Å². The maximum absolute atomic E-state index is 12.1. The monoisotopic (exact) mass is 314 g/mol. The van der Waals surface area contributed by atoms with Crippen LogP contribution in [0.1, 0.15) is 37.7 Å². The van der Waals surface area contributed by atoms with Gasteiger partial charge >= 0.3 is 0 Å². The van der Waals surface area contributed by atoms with Crippen LogP contribution >= 0.6 is 0 Å². The van der Waals surface area contributed by atoms with Gasteiger partial charge in [0.15, 0.2) is 5.96 Å². The molecule has 0 spiro atoms. The van der Waals surface area contributed by atoms with E-state index in [4.69, 9.17) is 5.73 Å². The number of benzene rings is 1. The van der Waals surface area contributed by atoms with Crippen molar-refractivity contribution in [1.82, 2.24) is 10.2 Å². The van der Waals surface area contributed by atoms with Crippen molar-refractivity contribution < 1.29 is 4.79 Å². The zero-order chi connectivity index (χ0) is 16.1. The molecule has 5 heteroatoms. The zero-order valence-corrected chi connectivity index (χ0v) is 13.6. The van der Waals surface area contributed by atoms with Crippen LogP contribution in [0.15, 0.2) is 35.3 Å². The molecule has 1 amide bonds. The van der Waals surface area contributed by atoms with Crippen LogP contribution in [0.3, 0.4) is 0 Å². The summed E-state index contributed by atoms with van der Waals surface area (Å²) in [7, 11) is 0. The Hall–Kier alpha value is -2.04. The third-order valence-corrected chi connectivity index (χ3v) is 4.74. The first-order valence-electron chi connectivity index (χ1n) is 8.59. The van der Waals surface area contributed by atoms with Crippen LogP contribution in [0.25, 0.3) is 0 Å². The number of nitrogens with zero attached hydrogens (tertiary/aromatic N) is 2. The summed E-state index contributed by atoms with van der Waals surface area (Å²) in [4.78, 5) is 18.5. The fourth-order valence-electron chi connectivity index (χ4n) is 3.49. The van der Waals surface area contributed by atoms with E-state index in [1.165, 1.54) is 31.2 Å². The Morgan fingerprint density at radius 2 is 2.00 bits per heavy atom. The molecular formula is C18H26N4O. The highest BCUT2D eigenvalue weighted by atomic mass is 16.2. The highest BCUT2D eigenvalue weighted by Crippen LogP contribution is 2.21. The molecule has 1 aromatic carbocycles. The third kappa shape index (κ3) is 4.47. The van der Waals surface area contributed by atoms with Gasteiger partial charge in [-0.15, -0.1) is 0 Å². The number of rotatable bonds is 5. The lowest BCUT2D eigenvalue weighted by atomic mass is 10.1. The smallest absolute Gasteiger partial charge is 0.223 e. The van der Waals surface area contributed by atoms with E-state index in [1.54, 1.807) is 0 Å². The van der Waals surface area contributed by atoms with Gasteiger partial charge in [-0.25, -0.2) is 0 Å². The molecule has 3 N–H and O–H groups in total. The molecule has 2 fully saturated rings. The van der Waals surface area contributed by atoms with E-state index in [2.05, 4.69) is 22.4 Å². The second kappa shape index (κ2) is 7.49. The summed E-state index contributed by atoms with van der Waals surface area (Å²) in [6, 6.07) is 10.6. The van der Waals surface area contributed by atoms with Gasteiger partial charge < -0.3 is 16.0 Å². The molecule has 0 radical (unpaired) electrons. The molecule has 0 bridgehead atoms. The number of carbonyl (C=O) groups is 1. The first kappa shape index (κ1) is 15.8. The van der Waals surface area contributed by atoms with E-state index >= 15 is 0 Å². The number of guanidine groups is 1. The minimum absolute atomic E-state index is 0.219. The summed E-state index contributed by atoms with van der Waals surface area (Å²) < 4.78 is 0. The number of hydrogen-bond acceptors (Lipinski definition) is 2. The molecule has 1 saturated carbocycles. The van der Waals surface area contributed by atoms with E-state index < -0.39 is 0 Å². The number of aliphatic imine (C=N–C) groups is 1. The number of amides is 1. The average Bonchev–Trinajstić information content (AvgIpc) is 3.17. The van der Waals surface area contributed by atoms with Crippen LogP contribution in [0, 0.1) is 5.92 Å². The van der Waals surface area contributed by atoms with Gasteiger partial charge in [0.1, 0.15) is 0 Å². The highest BCUT2D eigenvalue weighted by Gasteiger charge is 2.29. The number of nitrogens with two attached hydrogens (primary N) is 1. The standard InChI is InChI=1S/C18H26N4O/c19-18(21-16-8-4-5-9-16)20-11-15-10-17(23)22(13-15)12-14-6-2-1-3-7-14/h1-3,6-7,15-16H,4-5,8-13H2,(H3,19,20,21). The van der Waals surface area contributed by atoms with Crippen molar-refractivity contribution in [3.05, 3.63) is 35.9 Å². The second-order valence-electron chi connectivity index (χ2n) is 6.68. The molecule has 23 heavy (non-hydrogen) atoms. The van der Waals surface area contributed by atoms with Gasteiger partial charge in [-0.3, -0.25) is 9.79 Å². The lowest BCUT2D eigenvalue weighted by molar-refractivity contribution is -0.128. The number of nitrogens with one attached hydrogen (secondary N) is 1. The lowest BCUT2D eigenvalue weighted by Crippen LogP contribution is -2.38. The Morgan fingerprint density at radius 1 is 1.26 bits per heavy atom. The predicted octanol–water partition coefficient (Wildman–Crippen LogP) is 1.88. The van der Waals surface area contributed by atoms with Crippen molar-refractivity contribution >= 4 is 11.9 Å². The molecule has 5 nitrogen and oxygen atoms in total. The Morgan fingerprint density at radius 3 is 2.74 bits per heavy atom. The van der Waals surface area contributed by atoms with Crippen molar-refractivity contribution in [1.29, 1.82) is 0 Å². The Kier molecular flexibility index (Phi) is 5.16. The van der Waals surface area contributed by atoms with Crippen LogP contribution in [0.4, 0.5) is 0 Å². The maximum Gasteiger partial charge on any atom is 0.223 e. The van der Waals surface area contributed by atoms with Crippen molar-refractivity contribution in [2.45, 2.75) is 44.7 Å². The molecule has 3 rings (SSSR count). The summed E-state index contributed by atoms with van der Waals surface area (Å²) in [5, 5.41) is 3.29. The van der Waals surface area contributed by atoms with Crippen molar-refractivity contribution in [2.75, 3.05) is 13.1 Å². The molecule has 1 aliphatic heterocycles. The van der Waals surface area contributed by atoms with Gasteiger partial charge in [-0.1, -0.05) is 43.2 Å². The Balaban J connectivity index is 1.47. The quantitative estimate of drug-likeness (QED) is 0.644. The molecule has 124 valence electrons. The summed E-state index contributed by atoms with van der Waals surface area (Å²) in [5.74, 6) is 1.03. The average molecular weight is 314 g/mol. The van der Waals surface area contributed by atoms with Gasteiger partial charge in [-0.05, 0) is 18.4 Å². The van der Waals surface area contributed by atoms with E-state index in [1.807, 2.05) is 23.1 Å². The summed E-state index contributed by atoms with van der Waals surface area (Å²) in [6.07, 6.45) is 5.49. The first-order valence-corrected chi connectivity index (χ1v) is 8.59. The molecule has 0 aromatic heterocycles. The molecule has 1 unspecified atom stereocenters. The van der Waals surface area contributed by atoms with Crippen LogP contribution in [0.2, 0.25) is 0 Å². The number of likely N-dealkylation sites (tertiary alicyclic amines) is 1.